The Bertz CT molecular complexity index is 98.8. The van der Waals surface area contributed by atoms with Gasteiger partial charge in [-0.2, -0.15) is 0 Å². The maximum absolute atomic E-state index is 8.58. The molecule has 11 heavy (non-hydrogen) atoms. The van der Waals surface area contributed by atoms with E-state index in [-0.39, 0.29) is 17.6 Å². The molecule has 0 bridgehead atoms. The standard InChI is InChI=1S/C8H17ClO2/c1-8(2,3)11-5-4-7(9)6-10/h7,10H,4-6H2,1-3H3. The zero-order valence-corrected chi connectivity index (χ0v) is 8.19. The van der Waals surface area contributed by atoms with Crippen LogP contribution in [0.25, 0.3) is 0 Å². The van der Waals surface area contributed by atoms with Crippen LogP contribution >= 0.6 is 11.6 Å². The van der Waals surface area contributed by atoms with Crippen molar-refractivity contribution >= 4 is 11.6 Å². The second kappa shape index (κ2) is 4.96. The molecule has 0 saturated carbocycles. The topological polar surface area (TPSA) is 29.5 Å². The van der Waals surface area contributed by atoms with E-state index in [1.807, 2.05) is 20.8 Å². The lowest BCUT2D eigenvalue weighted by molar-refractivity contribution is -0.00537. The third kappa shape index (κ3) is 8.11. The molecule has 0 aromatic heterocycles. The summed E-state index contributed by atoms with van der Waals surface area (Å²) in [5.74, 6) is 0. The fourth-order valence-corrected chi connectivity index (χ4v) is 0.673. The minimum atomic E-state index is -0.169. The predicted molar refractivity (Wildman–Crippen MR) is 47.0 cm³/mol. The summed E-state index contributed by atoms with van der Waals surface area (Å²) in [5, 5.41) is 8.41. The van der Waals surface area contributed by atoms with Crippen LogP contribution in [0, 0.1) is 0 Å². The summed E-state index contributed by atoms with van der Waals surface area (Å²) in [6, 6.07) is 0. The highest BCUT2D eigenvalue weighted by Gasteiger charge is 2.10. The molecule has 0 heterocycles. The monoisotopic (exact) mass is 180 g/mol. The third-order valence-electron chi connectivity index (χ3n) is 1.16. The van der Waals surface area contributed by atoms with Crippen molar-refractivity contribution < 1.29 is 9.84 Å². The number of rotatable bonds is 4. The Morgan fingerprint density at radius 2 is 2.00 bits per heavy atom. The van der Waals surface area contributed by atoms with Crippen molar-refractivity contribution in [3.63, 3.8) is 0 Å². The van der Waals surface area contributed by atoms with Gasteiger partial charge >= 0.3 is 0 Å². The van der Waals surface area contributed by atoms with Crippen LogP contribution in [0.2, 0.25) is 0 Å². The van der Waals surface area contributed by atoms with E-state index in [1.54, 1.807) is 0 Å². The first-order valence-corrected chi connectivity index (χ1v) is 4.28. The number of halogens is 1. The van der Waals surface area contributed by atoms with Gasteiger partial charge in [-0.25, -0.2) is 0 Å². The van der Waals surface area contributed by atoms with E-state index in [0.29, 0.717) is 13.0 Å². The van der Waals surface area contributed by atoms with Crippen LogP contribution < -0.4 is 0 Å². The molecule has 3 heteroatoms. The highest BCUT2D eigenvalue weighted by molar-refractivity contribution is 6.20. The molecule has 0 saturated heterocycles. The number of ether oxygens (including phenoxy) is 1. The van der Waals surface area contributed by atoms with Gasteiger partial charge in [-0.1, -0.05) is 0 Å². The van der Waals surface area contributed by atoms with E-state index in [9.17, 15) is 0 Å². The van der Waals surface area contributed by atoms with Gasteiger partial charge in [-0.05, 0) is 27.2 Å². The van der Waals surface area contributed by atoms with Gasteiger partial charge in [0.2, 0.25) is 0 Å². The Morgan fingerprint density at radius 3 is 2.36 bits per heavy atom. The molecule has 0 rings (SSSR count). The molecule has 0 fully saturated rings. The lowest BCUT2D eigenvalue weighted by atomic mass is 10.2. The van der Waals surface area contributed by atoms with Crippen LogP contribution in [0.4, 0.5) is 0 Å². The molecule has 0 aromatic rings. The second-order valence-electron chi connectivity index (χ2n) is 3.53. The van der Waals surface area contributed by atoms with E-state index in [4.69, 9.17) is 21.4 Å². The number of alkyl halides is 1. The van der Waals surface area contributed by atoms with Crippen LogP contribution in [-0.2, 0) is 4.74 Å². The molecule has 0 amide bonds. The Hall–Kier alpha value is 0.210. The van der Waals surface area contributed by atoms with Crippen molar-refractivity contribution in [2.75, 3.05) is 13.2 Å². The van der Waals surface area contributed by atoms with E-state index in [0.717, 1.165) is 0 Å². The van der Waals surface area contributed by atoms with E-state index in [1.165, 1.54) is 0 Å². The van der Waals surface area contributed by atoms with Crippen LogP contribution in [0.1, 0.15) is 27.2 Å². The summed E-state index contributed by atoms with van der Waals surface area (Å²) < 4.78 is 5.41. The fraction of sp³-hybridized carbons (Fsp3) is 1.00. The largest absolute Gasteiger partial charge is 0.395 e. The van der Waals surface area contributed by atoms with Crippen molar-refractivity contribution in [3.05, 3.63) is 0 Å². The molecule has 68 valence electrons. The Balaban J connectivity index is 3.28. The van der Waals surface area contributed by atoms with Gasteiger partial charge in [0, 0.05) is 6.61 Å². The minimum Gasteiger partial charge on any atom is -0.395 e. The van der Waals surface area contributed by atoms with Gasteiger partial charge in [-0.3, -0.25) is 0 Å². The van der Waals surface area contributed by atoms with Crippen LogP contribution in [0.15, 0.2) is 0 Å². The molecule has 2 nitrogen and oxygen atoms in total. The zero-order valence-electron chi connectivity index (χ0n) is 7.43. The Labute approximate surface area is 73.5 Å². The van der Waals surface area contributed by atoms with E-state index < -0.39 is 0 Å². The van der Waals surface area contributed by atoms with Gasteiger partial charge in [-0.15, -0.1) is 11.6 Å². The minimum absolute atomic E-state index is 0.0229. The van der Waals surface area contributed by atoms with Gasteiger partial charge < -0.3 is 9.84 Å². The molecular weight excluding hydrogens is 164 g/mol. The summed E-state index contributed by atoms with van der Waals surface area (Å²) in [5.41, 5.74) is -0.105. The molecule has 0 spiro atoms. The number of aliphatic hydroxyl groups excluding tert-OH is 1. The smallest absolute Gasteiger partial charge is 0.0598 e. The summed E-state index contributed by atoms with van der Waals surface area (Å²) in [4.78, 5) is 0. The number of aliphatic hydroxyl groups is 1. The maximum Gasteiger partial charge on any atom is 0.0598 e. The van der Waals surface area contributed by atoms with Crippen molar-refractivity contribution in [2.24, 2.45) is 0 Å². The first-order chi connectivity index (χ1) is 4.95. The first kappa shape index (κ1) is 11.2. The number of hydrogen-bond donors (Lipinski definition) is 1. The summed E-state index contributed by atoms with van der Waals surface area (Å²) in [6.07, 6.45) is 0.704. The van der Waals surface area contributed by atoms with Gasteiger partial charge in [0.25, 0.3) is 0 Å². The number of hydrogen-bond acceptors (Lipinski definition) is 2. The molecule has 0 aliphatic carbocycles. The fourth-order valence-electron chi connectivity index (χ4n) is 0.584. The van der Waals surface area contributed by atoms with E-state index in [2.05, 4.69) is 0 Å². The van der Waals surface area contributed by atoms with Crippen molar-refractivity contribution in [1.29, 1.82) is 0 Å². The molecule has 0 aliphatic heterocycles. The third-order valence-corrected chi connectivity index (χ3v) is 1.52. The summed E-state index contributed by atoms with van der Waals surface area (Å²) >= 11 is 5.66. The van der Waals surface area contributed by atoms with Crippen LogP contribution in [0.5, 0.6) is 0 Å². The van der Waals surface area contributed by atoms with Crippen molar-refractivity contribution in [2.45, 2.75) is 38.2 Å². The lowest BCUT2D eigenvalue weighted by Gasteiger charge is -2.19. The normalized spacial score (nSPS) is 15.0. The summed E-state index contributed by atoms with van der Waals surface area (Å²) in [6.45, 7) is 6.62. The highest BCUT2D eigenvalue weighted by atomic mass is 35.5. The molecule has 0 radical (unpaired) electrons. The Morgan fingerprint density at radius 1 is 1.45 bits per heavy atom. The molecule has 1 atom stereocenters. The average molecular weight is 181 g/mol. The van der Waals surface area contributed by atoms with Crippen molar-refractivity contribution in [3.8, 4) is 0 Å². The maximum atomic E-state index is 8.58. The zero-order chi connectivity index (χ0) is 8.91. The van der Waals surface area contributed by atoms with Crippen molar-refractivity contribution in [1.82, 2.24) is 0 Å². The van der Waals surface area contributed by atoms with Gasteiger partial charge in [0.05, 0.1) is 17.6 Å². The molecule has 0 aromatic carbocycles. The van der Waals surface area contributed by atoms with Crippen LogP contribution in [0.3, 0.4) is 0 Å². The highest BCUT2D eigenvalue weighted by Crippen LogP contribution is 2.09. The SMILES string of the molecule is CC(C)(C)OCCC(Cl)CO. The first-order valence-electron chi connectivity index (χ1n) is 3.84. The molecular formula is C8H17ClO2. The molecule has 1 N–H and O–H groups in total. The quantitative estimate of drug-likeness (QED) is 0.669. The second-order valence-corrected chi connectivity index (χ2v) is 4.15. The average Bonchev–Trinajstić information content (AvgIpc) is 1.85. The van der Waals surface area contributed by atoms with Gasteiger partial charge in [0.1, 0.15) is 0 Å². The Kier molecular flexibility index (Phi) is 5.06. The molecule has 0 aliphatic rings. The summed E-state index contributed by atoms with van der Waals surface area (Å²) in [7, 11) is 0. The van der Waals surface area contributed by atoms with E-state index >= 15 is 0 Å². The predicted octanol–water partition coefficient (Wildman–Crippen LogP) is 1.79. The molecule has 1 unspecified atom stereocenters. The van der Waals surface area contributed by atoms with Gasteiger partial charge in [0.15, 0.2) is 0 Å². The lowest BCUT2D eigenvalue weighted by Crippen LogP contribution is -2.21. The van der Waals surface area contributed by atoms with Crippen LogP contribution in [-0.4, -0.2) is 29.3 Å².